The number of carbonyl (C=O) groups excluding carboxylic acids is 1. The Balaban J connectivity index is 1.87. The van der Waals surface area contributed by atoms with Crippen molar-refractivity contribution in [2.45, 2.75) is 32.8 Å². The maximum absolute atomic E-state index is 12.2. The second kappa shape index (κ2) is 8.02. The first-order valence-electron chi connectivity index (χ1n) is 7.73. The molecule has 2 aromatic rings. The molecule has 0 unspecified atom stereocenters. The lowest BCUT2D eigenvalue weighted by Crippen LogP contribution is -2.38. The number of benzene rings is 2. The van der Waals surface area contributed by atoms with Crippen LogP contribution in [0.4, 0.5) is 0 Å². The Morgan fingerprint density at radius 1 is 1.17 bits per heavy atom. The number of carbonyl (C=O) groups is 1. The smallest absolute Gasteiger partial charge is 0.260 e. The highest BCUT2D eigenvalue weighted by Gasteiger charge is 2.16. The van der Waals surface area contributed by atoms with E-state index in [2.05, 4.69) is 24.4 Å². The quantitative estimate of drug-likeness (QED) is 0.855. The average Bonchev–Trinajstić information content (AvgIpc) is 2.55. The van der Waals surface area contributed by atoms with Crippen molar-refractivity contribution in [3.8, 4) is 5.75 Å². The first-order valence-corrected chi connectivity index (χ1v) is 8.10. The van der Waals surface area contributed by atoms with Gasteiger partial charge < -0.3 is 10.1 Å². The van der Waals surface area contributed by atoms with Crippen LogP contribution in [0.1, 0.15) is 30.9 Å². The van der Waals surface area contributed by atoms with Crippen molar-refractivity contribution in [2.24, 2.45) is 0 Å². The van der Waals surface area contributed by atoms with Crippen molar-refractivity contribution < 1.29 is 9.53 Å². The van der Waals surface area contributed by atoms with Crippen LogP contribution in [0.3, 0.4) is 0 Å². The van der Waals surface area contributed by atoms with E-state index < -0.39 is 6.10 Å². The van der Waals surface area contributed by atoms with E-state index in [0.717, 1.165) is 5.56 Å². The number of rotatable bonds is 6. The Labute approximate surface area is 142 Å². The summed E-state index contributed by atoms with van der Waals surface area (Å²) >= 11 is 5.92. The largest absolute Gasteiger partial charge is 0.481 e. The lowest BCUT2D eigenvalue weighted by atomic mass is 10.0. The SMILES string of the molecule is Cc1cc(Cl)ccc1O[C@@H](C)C(=O)NC[C@@H](C)c1ccccc1. The molecule has 0 aliphatic heterocycles. The highest BCUT2D eigenvalue weighted by Crippen LogP contribution is 2.23. The fourth-order valence-corrected chi connectivity index (χ4v) is 2.51. The van der Waals surface area contributed by atoms with Gasteiger partial charge in [-0.15, -0.1) is 0 Å². The molecule has 0 saturated heterocycles. The van der Waals surface area contributed by atoms with E-state index >= 15 is 0 Å². The van der Waals surface area contributed by atoms with E-state index in [1.54, 1.807) is 19.1 Å². The van der Waals surface area contributed by atoms with E-state index in [-0.39, 0.29) is 11.8 Å². The van der Waals surface area contributed by atoms with Gasteiger partial charge in [0.25, 0.3) is 5.91 Å². The number of nitrogens with one attached hydrogen (secondary N) is 1. The van der Waals surface area contributed by atoms with Gasteiger partial charge in [0.2, 0.25) is 0 Å². The molecule has 0 bridgehead atoms. The molecule has 0 aromatic heterocycles. The number of halogens is 1. The lowest BCUT2D eigenvalue weighted by molar-refractivity contribution is -0.127. The second-order valence-electron chi connectivity index (χ2n) is 5.73. The third kappa shape index (κ3) is 5.00. The molecule has 1 amide bonds. The number of hydrogen-bond donors (Lipinski definition) is 1. The molecule has 3 nitrogen and oxygen atoms in total. The van der Waals surface area contributed by atoms with E-state index in [0.29, 0.717) is 17.3 Å². The van der Waals surface area contributed by atoms with Gasteiger partial charge in [0.15, 0.2) is 6.10 Å². The summed E-state index contributed by atoms with van der Waals surface area (Å²) in [5.74, 6) is 0.805. The normalized spacial score (nSPS) is 13.2. The number of hydrogen-bond acceptors (Lipinski definition) is 2. The van der Waals surface area contributed by atoms with Gasteiger partial charge in [0, 0.05) is 11.6 Å². The molecule has 2 aromatic carbocycles. The van der Waals surface area contributed by atoms with Crippen molar-refractivity contribution >= 4 is 17.5 Å². The maximum atomic E-state index is 12.2. The van der Waals surface area contributed by atoms with Crippen molar-refractivity contribution in [2.75, 3.05) is 6.54 Å². The maximum Gasteiger partial charge on any atom is 0.260 e. The average molecular weight is 332 g/mol. The molecule has 0 aliphatic carbocycles. The molecule has 23 heavy (non-hydrogen) atoms. The van der Waals surface area contributed by atoms with Gasteiger partial charge >= 0.3 is 0 Å². The zero-order valence-electron chi connectivity index (χ0n) is 13.7. The van der Waals surface area contributed by atoms with Gasteiger partial charge in [-0.25, -0.2) is 0 Å². The van der Waals surface area contributed by atoms with Crippen molar-refractivity contribution in [3.05, 3.63) is 64.7 Å². The fraction of sp³-hybridized carbons (Fsp3) is 0.316. The van der Waals surface area contributed by atoms with Gasteiger partial charge in [0.05, 0.1) is 0 Å². The summed E-state index contributed by atoms with van der Waals surface area (Å²) in [5, 5.41) is 3.60. The third-order valence-corrected chi connectivity index (χ3v) is 4.00. The van der Waals surface area contributed by atoms with Crippen LogP contribution in [-0.2, 0) is 4.79 Å². The Morgan fingerprint density at radius 2 is 1.87 bits per heavy atom. The first-order chi connectivity index (χ1) is 11.0. The summed E-state index contributed by atoms with van der Waals surface area (Å²) in [6.45, 7) is 6.32. The predicted octanol–water partition coefficient (Wildman–Crippen LogP) is 4.34. The summed E-state index contributed by atoms with van der Waals surface area (Å²) in [4.78, 5) is 12.2. The Hall–Kier alpha value is -2.00. The van der Waals surface area contributed by atoms with Crippen LogP contribution in [0.2, 0.25) is 5.02 Å². The Kier molecular flexibility index (Phi) is 6.05. The minimum absolute atomic E-state index is 0.123. The van der Waals surface area contributed by atoms with Gasteiger partial charge in [-0.2, -0.15) is 0 Å². The first kappa shape index (κ1) is 17.4. The van der Waals surface area contributed by atoms with Crippen LogP contribution in [0.15, 0.2) is 48.5 Å². The summed E-state index contributed by atoms with van der Waals surface area (Å²) in [6.07, 6.45) is -0.558. The van der Waals surface area contributed by atoms with Gasteiger partial charge in [0.1, 0.15) is 5.75 Å². The molecule has 0 fully saturated rings. The molecule has 1 N–H and O–H groups in total. The molecule has 0 spiro atoms. The molecule has 2 rings (SSSR count). The van der Waals surface area contributed by atoms with Crippen molar-refractivity contribution in [1.82, 2.24) is 5.32 Å². The number of aryl methyl sites for hydroxylation is 1. The molecular formula is C19H22ClNO2. The number of ether oxygens (including phenoxy) is 1. The van der Waals surface area contributed by atoms with Gasteiger partial charge in [-0.05, 0) is 49.1 Å². The highest BCUT2D eigenvalue weighted by atomic mass is 35.5. The van der Waals surface area contributed by atoms with E-state index in [1.807, 2.05) is 31.2 Å². The summed E-state index contributed by atoms with van der Waals surface area (Å²) in [5.41, 5.74) is 2.12. The van der Waals surface area contributed by atoms with Gasteiger partial charge in [-0.1, -0.05) is 48.9 Å². The monoisotopic (exact) mass is 331 g/mol. The standard InChI is InChI=1S/C19H22ClNO2/c1-13-11-17(20)9-10-18(13)23-15(3)19(22)21-12-14(2)16-7-5-4-6-8-16/h4-11,14-15H,12H2,1-3H3,(H,21,22)/t14-,15+/m1/s1. The molecule has 0 radical (unpaired) electrons. The van der Waals surface area contributed by atoms with E-state index in [4.69, 9.17) is 16.3 Å². The van der Waals surface area contributed by atoms with Crippen LogP contribution in [0, 0.1) is 6.92 Å². The minimum atomic E-state index is -0.558. The Morgan fingerprint density at radius 3 is 2.52 bits per heavy atom. The van der Waals surface area contributed by atoms with Crippen LogP contribution >= 0.6 is 11.6 Å². The fourth-order valence-electron chi connectivity index (χ4n) is 2.29. The molecular weight excluding hydrogens is 310 g/mol. The summed E-state index contributed by atoms with van der Waals surface area (Å²) in [6, 6.07) is 15.5. The summed E-state index contributed by atoms with van der Waals surface area (Å²) in [7, 11) is 0. The van der Waals surface area contributed by atoms with Crippen LogP contribution in [0.25, 0.3) is 0 Å². The second-order valence-corrected chi connectivity index (χ2v) is 6.16. The van der Waals surface area contributed by atoms with E-state index in [1.165, 1.54) is 5.56 Å². The molecule has 0 heterocycles. The van der Waals surface area contributed by atoms with Crippen LogP contribution in [0.5, 0.6) is 5.75 Å². The molecule has 0 saturated carbocycles. The van der Waals surface area contributed by atoms with Crippen molar-refractivity contribution in [3.63, 3.8) is 0 Å². The molecule has 122 valence electrons. The summed E-state index contributed by atoms with van der Waals surface area (Å²) < 4.78 is 5.73. The molecule has 2 atom stereocenters. The highest BCUT2D eigenvalue weighted by molar-refractivity contribution is 6.30. The topological polar surface area (TPSA) is 38.3 Å². The van der Waals surface area contributed by atoms with Crippen LogP contribution in [-0.4, -0.2) is 18.6 Å². The van der Waals surface area contributed by atoms with Crippen LogP contribution < -0.4 is 10.1 Å². The minimum Gasteiger partial charge on any atom is -0.481 e. The molecule has 4 heteroatoms. The third-order valence-electron chi connectivity index (χ3n) is 3.76. The lowest BCUT2D eigenvalue weighted by Gasteiger charge is -2.18. The zero-order valence-corrected chi connectivity index (χ0v) is 14.4. The molecule has 0 aliphatic rings. The predicted molar refractivity (Wildman–Crippen MR) is 94.1 cm³/mol. The van der Waals surface area contributed by atoms with Crippen molar-refractivity contribution in [1.29, 1.82) is 0 Å². The zero-order chi connectivity index (χ0) is 16.8. The van der Waals surface area contributed by atoms with Gasteiger partial charge in [-0.3, -0.25) is 4.79 Å². The van der Waals surface area contributed by atoms with E-state index in [9.17, 15) is 4.79 Å². The number of amides is 1. The Bertz CT molecular complexity index is 658.